The second kappa shape index (κ2) is 4.81. The van der Waals surface area contributed by atoms with E-state index in [1.54, 1.807) is 0 Å². The van der Waals surface area contributed by atoms with Crippen molar-refractivity contribution in [3.63, 3.8) is 0 Å². The summed E-state index contributed by atoms with van der Waals surface area (Å²) in [5.74, 6) is -1.18. The van der Waals surface area contributed by atoms with E-state index in [4.69, 9.17) is 11.6 Å². The molecule has 0 aliphatic heterocycles. The molecule has 2 aromatic rings. The first kappa shape index (κ1) is 13.2. The minimum absolute atomic E-state index is 0.154. The average molecular weight is 297 g/mol. The highest BCUT2D eigenvalue weighted by Crippen LogP contribution is 2.34. The Morgan fingerprint density at radius 1 is 1.22 bits per heavy atom. The summed E-state index contributed by atoms with van der Waals surface area (Å²) in [6, 6.07) is 2.64. The molecule has 0 aliphatic carbocycles. The van der Waals surface area contributed by atoms with Gasteiger partial charge in [-0.25, -0.2) is 4.39 Å². The largest absolute Gasteiger partial charge is 0.419 e. The van der Waals surface area contributed by atoms with Crippen LogP contribution in [0.15, 0.2) is 18.2 Å². The van der Waals surface area contributed by atoms with Crippen molar-refractivity contribution in [3.05, 3.63) is 34.6 Å². The van der Waals surface area contributed by atoms with Crippen molar-refractivity contribution in [1.29, 1.82) is 0 Å². The predicted octanol–water partition coefficient (Wildman–Crippen LogP) is 4.10. The summed E-state index contributed by atoms with van der Waals surface area (Å²) in [5.41, 5.74) is -1.05. The molecule has 96 valence electrons. The Hall–Kier alpha value is -1.21. The van der Waals surface area contributed by atoms with Crippen LogP contribution in [-0.4, -0.2) is 10.2 Å². The molecule has 8 heteroatoms. The first-order valence-corrected chi connectivity index (χ1v) is 6.02. The zero-order chi connectivity index (χ0) is 13.3. The van der Waals surface area contributed by atoms with E-state index in [-0.39, 0.29) is 11.4 Å². The Bertz CT molecular complexity index is 567. The van der Waals surface area contributed by atoms with Crippen LogP contribution in [0.4, 0.5) is 17.6 Å². The molecule has 1 aromatic carbocycles. The third-order valence-electron chi connectivity index (χ3n) is 2.10. The summed E-state index contributed by atoms with van der Waals surface area (Å²) in [4.78, 5) is 0. The Labute approximate surface area is 108 Å². The fourth-order valence-corrected chi connectivity index (χ4v) is 2.21. The van der Waals surface area contributed by atoms with Gasteiger partial charge in [0.05, 0.1) is 11.4 Å². The van der Waals surface area contributed by atoms with E-state index in [0.29, 0.717) is 16.1 Å². The summed E-state index contributed by atoms with van der Waals surface area (Å²) < 4.78 is 50.4. The SMILES string of the molecule is Fc1cc(-c2nnc(CCl)s2)ccc1C(F)(F)F. The van der Waals surface area contributed by atoms with E-state index in [9.17, 15) is 17.6 Å². The van der Waals surface area contributed by atoms with Gasteiger partial charge in [-0.1, -0.05) is 17.4 Å². The molecule has 0 atom stereocenters. The molecule has 1 aromatic heterocycles. The van der Waals surface area contributed by atoms with E-state index in [1.165, 1.54) is 0 Å². The zero-order valence-corrected chi connectivity index (χ0v) is 10.2. The Morgan fingerprint density at radius 3 is 2.44 bits per heavy atom. The van der Waals surface area contributed by atoms with Crippen LogP contribution < -0.4 is 0 Å². The van der Waals surface area contributed by atoms with E-state index in [0.717, 1.165) is 23.5 Å². The number of aromatic nitrogens is 2. The number of rotatable bonds is 2. The van der Waals surface area contributed by atoms with E-state index in [1.807, 2.05) is 0 Å². The molecular weight excluding hydrogens is 292 g/mol. The Balaban J connectivity index is 2.40. The summed E-state index contributed by atoms with van der Waals surface area (Å²) in [6.45, 7) is 0. The lowest BCUT2D eigenvalue weighted by Crippen LogP contribution is -2.07. The average Bonchev–Trinajstić information content (AvgIpc) is 2.75. The van der Waals surface area contributed by atoms with Crippen molar-refractivity contribution >= 4 is 22.9 Å². The van der Waals surface area contributed by atoms with Crippen molar-refractivity contribution in [2.45, 2.75) is 12.1 Å². The summed E-state index contributed by atoms with van der Waals surface area (Å²) in [6.07, 6.45) is -4.70. The molecule has 0 amide bonds. The van der Waals surface area contributed by atoms with Crippen LogP contribution in [-0.2, 0) is 12.1 Å². The maximum absolute atomic E-state index is 13.3. The van der Waals surface area contributed by atoms with Gasteiger partial charge in [0.15, 0.2) is 0 Å². The fraction of sp³-hybridized carbons (Fsp3) is 0.200. The monoisotopic (exact) mass is 296 g/mol. The van der Waals surface area contributed by atoms with Gasteiger partial charge in [-0.3, -0.25) is 0 Å². The molecule has 1 heterocycles. The molecule has 0 radical (unpaired) electrons. The molecule has 2 rings (SSSR count). The highest BCUT2D eigenvalue weighted by Gasteiger charge is 2.34. The number of hydrogen-bond acceptors (Lipinski definition) is 3. The molecular formula is C10H5ClF4N2S. The third kappa shape index (κ3) is 2.62. The van der Waals surface area contributed by atoms with Crippen LogP contribution >= 0.6 is 22.9 Å². The van der Waals surface area contributed by atoms with Crippen molar-refractivity contribution in [2.24, 2.45) is 0 Å². The molecule has 0 fully saturated rings. The molecule has 2 nitrogen and oxygen atoms in total. The van der Waals surface area contributed by atoms with Crippen molar-refractivity contribution in [3.8, 4) is 10.6 Å². The summed E-state index contributed by atoms with van der Waals surface area (Å²) in [7, 11) is 0. The quantitative estimate of drug-likeness (QED) is 0.616. The van der Waals surface area contributed by atoms with Crippen molar-refractivity contribution in [1.82, 2.24) is 10.2 Å². The molecule has 0 bridgehead atoms. The molecule has 0 N–H and O–H groups in total. The van der Waals surface area contributed by atoms with Crippen LogP contribution in [0, 0.1) is 5.82 Å². The Kier molecular flexibility index (Phi) is 3.54. The second-order valence-corrected chi connectivity index (χ2v) is 4.66. The van der Waals surface area contributed by atoms with E-state index in [2.05, 4.69) is 10.2 Å². The van der Waals surface area contributed by atoms with Crippen molar-refractivity contribution < 1.29 is 17.6 Å². The van der Waals surface area contributed by atoms with Crippen LogP contribution in [0.25, 0.3) is 10.6 Å². The normalized spacial score (nSPS) is 11.8. The third-order valence-corrected chi connectivity index (χ3v) is 3.49. The summed E-state index contributed by atoms with van der Waals surface area (Å²) in [5, 5.41) is 8.28. The van der Waals surface area contributed by atoms with E-state index >= 15 is 0 Å². The van der Waals surface area contributed by atoms with Crippen LogP contribution in [0.1, 0.15) is 10.6 Å². The lowest BCUT2D eigenvalue weighted by molar-refractivity contribution is -0.139. The number of benzene rings is 1. The number of alkyl halides is 4. The molecule has 0 saturated carbocycles. The van der Waals surface area contributed by atoms with Gasteiger partial charge in [0.1, 0.15) is 15.8 Å². The van der Waals surface area contributed by atoms with Crippen LogP contribution in [0.2, 0.25) is 0 Å². The van der Waals surface area contributed by atoms with E-state index < -0.39 is 17.6 Å². The number of hydrogen-bond donors (Lipinski definition) is 0. The maximum Gasteiger partial charge on any atom is 0.419 e. The fourth-order valence-electron chi connectivity index (χ4n) is 1.30. The summed E-state index contributed by atoms with van der Waals surface area (Å²) >= 11 is 6.64. The standard InChI is InChI=1S/C10H5ClF4N2S/c11-4-8-16-17-9(18-8)5-1-2-6(7(12)3-5)10(13,14)15/h1-3H,4H2. The number of nitrogens with zero attached hydrogens (tertiary/aromatic N) is 2. The van der Waals surface area contributed by atoms with Gasteiger partial charge in [0.25, 0.3) is 0 Å². The Morgan fingerprint density at radius 2 is 1.94 bits per heavy atom. The van der Waals surface area contributed by atoms with Crippen LogP contribution in [0.5, 0.6) is 0 Å². The van der Waals surface area contributed by atoms with Gasteiger partial charge >= 0.3 is 6.18 Å². The zero-order valence-electron chi connectivity index (χ0n) is 8.63. The first-order chi connectivity index (χ1) is 8.41. The van der Waals surface area contributed by atoms with Gasteiger partial charge in [-0.2, -0.15) is 13.2 Å². The highest BCUT2D eigenvalue weighted by atomic mass is 35.5. The lowest BCUT2D eigenvalue weighted by Gasteiger charge is -2.08. The minimum Gasteiger partial charge on any atom is -0.206 e. The van der Waals surface area contributed by atoms with Gasteiger partial charge in [0.2, 0.25) is 0 Å². The van der Waals surface area contributed by atoms with Gasteiger partial charge in [-0.05, 0) is 12.1 Å². The minimum atomic E-state index is -4.70. The second-order valence-electron chi connectivity index (χ2n) is 3.33. The molecule has 0 spiro atoms. The first-order valence-electron chi connectivity index (χ1n) is 4.67. The van der Waals surface area contributed by atoms with Crippen LogP contribution in [0.3, 0.4) is 0 Å². The lowest BCUT2D eigenvalue weighted by atomic mass is 10.1. The van der Waals surface area contributed by atoms with Gasteiger partial charge < -0.3 is 0 Å². The number of halogens is 5. The molecule has 0 aliphatic rings. The van der Waals surface area contributed by atoms with Gasteiger partial charge in [0, 0.05) is 5.56 Å². The van der Waals surface area contributed by atoms with Gasteiger partial charge in [-0.15, -0.1) is 21.8 Å². The topological polar surface area (TPSA) is 25.8 Å². The highest BCUT2D eigenvalue weighted by molar-refractivity contribution is 7.14. The smallest absolute Gasteiger partial charge is 0.206 e. The predicted molar refractivity (Wildman–Crippen MR) is 59.9 cm³/mol. The molecule has 0 saturated heterocycles. The molecule has 18 heavy (non-hydrogen) atoms. The van der Waals surface area contributed by atoms with Crippen molar-refractivity contribution in [2.75, 3.05) is 0 Å². The molecule has 0 unspecified atom stereocenters. The maximum atomic E-state index is 13.3.